The first kappa shape index (κ1) is 20.8. The second-order valence-corrected chi connectivity index (χ2v) is 8.78. The first-order chi connectivity index (χ1) is 15.9. The van der Waals surface area contributed by atoms with Gasteiger partial charge in [-0.1, -0.05) is 53.8 Å². The van der Waals surface area contributed by atoms with Crippen LogP contribution in [0.2, 0.25) is 0 Å². The van der Waals surface area contributed by atoms with Crippen molar-refractivity contribution in [2.75, 3.05) is 5.32 Å². The molecular weight excluding hydrogens is 439 g/mol. The van der Waals surface area contributed by atoms with Crippen LogP contribution in [0, 0.1) is 29.8 Å². The Morgan fingerprint density at radius 1 is 0.970 bits per heavy atom. The highest BCUT2D eigenvalue weighted by molar-refractivity contribution is 7.18. The number of imidazole rings is 1. The molecule has 2 aromatic carbocycles. The summed E-state index contributed by atoms with van der Waals surface area (Å²) in [6.45, 7) is 4.02. The van der Waals surface area contributed by atoms with Crippen molar-refractivity contribution in [2.24, 2.45) is 0 Å². The maximum atomic E-state index is 14.2. The Hall–Kier alpha value is -4.04. The molecule has 3 heterocycles. The van der Waals surface area contributed by atoms with Gasteiger partial charge in [0, 0.05) is 34.0 Å². The van der Waals surface area contributed by atoms with Crippen LogP contribution >= 0.6 is 11.3 Å². The smallest absolute Gasteiger partial charge is 0.324 e. The van der Waals surface area contributed by atoms with E-state index in [0.717, 1.165) is 44.2 Å². The van der Waals surface area contributed by atoms with Gasteiger partial charge in [0.15, 0.2) is 0 Å². The quantitative estimate of drug-likeness (QED) is 0.224. The number of rotatable bonds is 5. The molecule has 164 valence electrons. The molecule has 5 aromatic rings. The van der Waals surface area contributed by atoms with Crippen LogP contribution in [0.4, 0.5) is 20.9 Å². The van der Waals surface area contributed by atoms with Crippen LogP contribution in [0.25, 0.3) is 27.3 Å². The van der Waals surface area contributed by atoms with Gasteiger partial charge in [-0.2, -0.15) is 0 Å². The lowest BCUT2D eigenvalue weighted by molar-refractivity contribution is -0.380. The number of nitrogens with zero attached hydrogens (tertiary/aromatic N) is 3. The second kappa shape index (κ2) is 8.14. The van der Waals surface area contributed by atoms with Crippen molar-refractivity contribution in [3.63, 3.8) is 0 Å². The normalized spacial score (nSPS) is 11.1. The van der Waals surface area contributed by atoms with Crippen molar-refractivity contribution in [1.82, 2.24) is 9.38 Å². The highest BCUT2D eigenvalue weighted by atomic mass is 32.1. The van der Waals surface area contributed by atoms with Crippen LogP contribution in [0.15, 0.2) is 72.9 Å². The molecule has 8 heteroatoms. The first-order valence-corrected chi connectivity index (χ1v) is 11.1. The number of pyridine rings is 1. The third-order valence-electron chi connectivity index (χ3n) is 5.53. The van der Waals surface area contributed by atoms with Gasteiger partial charge in [0.25, 0.3) is 0 Å². The van der Waals surface area contributed by atoms with Gasteiger partial charge in [-0.05, 0) is 43.2 Å². The largest absolute Gasteiger partial charge is 0.339 e. The summed E-state index contributed by atoms with van der Waals surface area (Å²) in [6.07, 6.45) is 1.40. The van der Waals surface area contributed by atoms with Crippen molar-refractivity contribution in [2.45, 2.75) is 13.8 Å². The van der Waals surface area contributed by atoms with Crippen LogP contribution < -0.4 is 5.32 Å². The highest BCUT2D eigenvalue weighted by Crippen LogP contribution is 2.41. The first-order valence-electron chi connectivity index (χ1n) is 10.3. The standard InChI is InChI=1S/C25H19FN4O2S/c1-15-6-5-7-16(2)23(15)28-25-24(27-21-12-10-17(26)14-29(21)25)19-9-4-3-8-18(19)20-11-13-22(33-20)30(31)32/h3-14,28H,1-2H3. The van der Waals surface area contributed by atoms with E-state index in [1.807, 2.05) is 56.3 Å². The number of hydrogen-bond acceptors (Lipinski definition) is 5. The molecule has 0 bridgehead atoms. The maximum absolute atomic E-state index is 14.2. The lowest BCUT2D eigenvalue weighted by Gasteiger charge is -2.15. The van der Waals surface area contributed by atoms with E-state index in [2.05, 4.69) is 5.32 Å². The van der Waals surface area contributed by atoms with Gasteiger partial charge in [0.1, 0.15) is 23.0 Å². The molecule has 0 spiro atoms. The van der Waals surface area contributed by atoms with Gasteiger partial charge in [0.2, 0.25) is 0 Å². The minimum atomic E-state index is -0.390. The SMILES string of the molecule is Cc1cccc(C)c1Nc1c(-c2ccccc2-c2ccc([N+](=O)[O-])s2)nc2ccc(F)cn12. The monoisotopic (exact) mass is 458 g/mol. The molecule has 0 atom stereocenters. The van der Waals surface area contributed by atoms with Gasteiger partial charge >= 0.3 is 5.00 Å². The van der Waals surface area contributed by atoms with Crippen molar-refractivity contribution < 1.29 is 9.31 Å². The number of nitro groups is 1. The van der Waals surface area contributed by atoms with E-state index in [9.17, 15) is 14.5 Å². The van der Waals surface area contributed by atoms with Gasteiger partial charge < -0.3 is 5.32 Å². The van der Waals surface area contributed by atoms with Crippen LogP contribution in [-0.2, 0) is 0 Å². The summed E-state index contributed by atoms with van der Waals surface area (Å²) in [6, 6.07) is 19.9. The Morgan fingerprint density at radius 3 is 2.39 bits per heavy atom. The topological polar surface area (TPSA) is 72.5 Å². The molecule has 0 aliphatic rings. The van der Waals surface area contributed by atoms with E-state index < -0.39 is 4.92 Å². The Labute approximate surface area is 193 Å². The van der Waals surface area contributed by atoms with Gasteiger partial charge in [-0.25, -0.2) is 9.37 Å². The fourth-order valence-corrected chi connectivity index (χ4v) is 4.79. The number of aromatic nitrogens is 2. The fraction of sp³-hybridized carbons (Fsp3) is 0.0800. The van der Waals surface area contributed by atoms with Crippen LogP contribution in [0.3, 0.4) is 0 Å². The number of thiophene rings is 1. The lowest BCUT2D eigenvalue weighted by Crippen LogP contribution is -2.01. The summed E-state index contributed by atoms with van der Waals surface area (Å²) in [5, 5.41) is 14.8. The summed E-state index contributed by atoms with van der Waals surface area (Å²) in [7, 11) is 0. The Bertz CT molecular complexity index is 1500. The maximum Gasteiger partial charge on any atom is 0.324 e. The van der Waals surface area contributed by atoms with E-state index in [-0.39, 0.29) is 10.8 Å². The molecule has 0 radical (unpaired) electrons. The van der Waals surface area contributed by atoms with Gasteiger partial charge in [0.05, 0.1) is 4.92 Å². The lowest BCUT2D eigenvalue weighted by atomic mass is 10.0. The predicted octanol–water partition coefficient (Wildman–Crippen LogP) is 7.14. The molecular formula is C25H19FN4O2S. The number of para-hydroxylation sites is 1. The van der Waals surface area contributed by atoms with Gasteiger partial charge in [-0.3, -0.25) is 14.5 Å². The van der Waals surface area contributed by atoms with Crippen LogP contribution in [-0.4, -0.2) is 14.3 Å². The van der Waals surface area contributed by atoms with E-state index in [0.29, 0.717) is 17.2 Å². The van der Waals surface area contributed by atoms with E-state index in [4.69, 9.17) is 4.98 Å². The number of benzene rings is 2. The summed E-state index contributed by atoms with van der Waals surface area (Å²) < 4.78 is 15.9. The molecule has 5 rings (SSSR count). The third kappa shape index (κ3) is 3.74. The minimum absolute atomic E-state index is 0.0748. The number of halogens is 1. The molecule has 0 saturated carbocycles. The summed E-state index contributed by atoms with van der Waals surface area (Å²) in [5.74, 6) is 0.249. The molecule has 0 fully saturated rings. The Balaban J connectivity index is 1.74. The number of aryl methyl sites for hydroxylation is 2. The van der Waals surface area contributed by atoms with Crippen molar-refractivity contribution in [3.8, 4) is 21.7 Å². The predicted molar refractivity (Wildman–Crippen MR) is 130 cm³/mol. The molecule has 3 aromatic heterocycles. The van der Waals surface area contributed by atoms with Crippen molar-refractivity contribution >= 4 is 33.5 Å². The molecule has 1 N–H and O–H groups in total. The zero-order valence-corrected chi connectivity index (χ0v) is 18.7. The molecule has 0 amide bonds. The zero-order chi connectivity index (χ0) is 23.1. The molecule has 33 heavy (non-hydrogen) atoms. The average Bonchev–Trinajstić information content (AvgIpc) is 3.42. The summed E-state index contributed by atoms with van der Waals surface area (Å²) in [4.78, 5) is 16.4. The third-order valence-corrected chi connectivity index (χ3v) is 6.60. The molecule has 0 saturated heterocycles. The van der Waals surface area contributed by atoms with Crippen LogP contribution in [0.5, 0.6) is 0 Å². The van der Waals surface area contributed by atoms with Crippen molar-refractivity contribution in [1.29, 1.82) is 0 Å². The van der Waals surface area contributed by atoms with E-state index in [1.54, 1.807) is 16.5 Å². The Kier molecular flexibility index (Phi) is 5.14. The number of hydrogen-bond donors (Lipinski definition) is 1. The number of anilines is 2. The van der Waals surface area contributed by atoms with Crippen LogP contribution in [0.1, 0.15) is 11.1 Å². The van der Waals surface area contributed by atoms with Gasteiger partial charge in [-0.15, -0.1) is 0 Å². The van der Waals surface area contributed by atoms with Crippen molar-refractivity contribution in [3.05, 3.63) is 100.0 Å². The molecule has 6 nitrogen and oxygen atoms in total. The van der Waals surface area contributed by atoms with E-state index >= 15 is 0 Å². The molecule has 0 aliphatic heterocycles. The Morgan fingerprint density at radius 2 is 1.70 bits per heavy atom. The second-order valence-electron chi connectivity index (χ2n) is 7.72. The number of nitrogens with one attached hydrogen (secondary N) is 1. The minimum Gasteiger partial charge on any atom is -0.339 e. The summed E-state index contributed by atoms with van der Waals surface area (Å²) >= 11 is 1.11. The van der Waals surface area contributed by atoms with E-state index in [1.165, 1.54) is 18.3 Å². The zero-order valence-electron chi connectivity index (χ0n) is 17.9. The molecule has 0 aliphatic carbocycles. The highest BCUT2D eigenvalue weighted by Gasteiger charge is 2.21. The average molecular weight is 459 g/mol. The summed E-state index contributed by atoms with van der Waals surface area (Å²) in [5.41, 5.74) is 5.87. The fourth-order valence-electron chi connectivity index (χ4n) is 3.93. The molecule has 0 unspecified atom stereocenters. The number of fused-ring (bicyclic) bond motifs is 1.